The summed E-state index contributed by atoms with van der Waals surface area (Å²) in [5, 5.41) is 2.26. The Morgan fingerprint density at radius 2 is 0.825 bits per heavy atom. The first-order valence-corrected chi connectivity index (χ1v) is 13.1. The highest BCUT2D eigenvalue weighted by molar-refractivity contribution is 5.85. The van der Waals surface area contributed by atoms with Crippen LogP contribution in [-0.4, -0.2) is 24.9 Å². The van der Waals surface area contributed by atoms with Crippen molar-refractivity contribution < 1.29 is 0 Å². The normalized spacial score (nSPS) is 11.0. The van der Waals surface area contributed by atoms with Gasteiger partial charge in [0.05, 0.1) is 17.1 Å². The Labute approximate surface area is 231 Å². The molecule has 0 saturated heterocycles. The zero-order valence-corrected chi connectivity index (χ0v) is 21.5. The average molecular weight is 514 g/mol. The van der Waals surface area contributed by atoms with Crippen LogP contribution in [-0.2, 0) is 0 Å². The van der Waals surface area contributed by atoms with Crippen LogP contribution in [0.1, 0.15) is 0 Å². The first kappa shape index (κ1) is 23.6. The molecule has 3 aromatic heterocycles. The molecule has 5 heteroatoms. The van der Waals surface area contributed by atoms with E-state index in [1.54, 1.807) is 0 Å². The summed E-state index contributed by atoms with van der Waals surface area (Å²) < 4.78 is 0. The molecule has 0 radical (unpaired) electrons. The topological polar surface area (TPSA) is 64.5 Å². The molecule has 5 nitrogen and oxygen atoms in total. The number of aromatic nitrogens is 5. The molecule has 0 amide bonds. The molecule has 0 spiro atoms. The lowest BCUT2D eigenvalue weighted by Crippen LogP contribution is -2.00. The van der Waals surface area contributed by atoms with Gasteiger partial charge < -0.3 is 0 Å². The number of pyridine rings is 2. The van der Waals surface area contributed by atoms with Crippen LogP contribution in [0.3, 0.4) is 0 Å². The van der Waals surface area contributed by atoms with Crippen LogP contribution < -0.4 is 0 Å². The number of hydrogen-bond donors (Lipinski definition) is 0. The van der Waals surface area contributed by atoms with E-state index in [0.29, 0.717) is 17.5 Å². The summed E-state index contributed by atoms with van der Waals surface area (Å²) in [6.07, 6.45) is 1.90. The molecule has 0 atom stereocenters. The van der Waals surface area contributed by atoms with Crippen LogP contribution in [0.4, 0.5) is 0 Å². The van der Waals surface area contributed by atoms with Crippen molar-refractivity contribution in [2.75, 3.05) is 0 Å². The number of fused-ring (bicyclic) bond motifs is 1. The van der Waals surface area contributed by atoms with Crippen molar-refractivity contribution in [2.24, 2.45) is 0 Å². The Balaban J connectivity index is 1.24. The van der Waals surface area contributed by atoms with Crippen molar-refractivity contribution in [3.05, 3.63) is 140 Å². The van der Waals surface area contributed by atoms with Gasteiger partial charge in [-0.15, -0.1) is 0 Å². The number of benzene rings is 4. The fraction of sp³-hybridized carbons (Fsp3) is 0. The zero-order chi connectivity index (χ0) is 26.7. The quantitative estimate of drug-likeness (QED) is 0.232. The summed E-state index contributed by atoms with van der Waals surface area (Å²) in [4.78, 5) is 24.0. The van der Waals surface area contributed by atoms with Crippen molar-refractivity contribution in [3.8, 4) is 56.8 Å². The van der Waals surface area contributed by atoms with Crippen molar-refractivity contribution in [3.63, 3.8) is 0 Å². The molecule has 0 fully saturated rings. The SMILES string of the molecule is c1ccc(-c2nc(-c3ccccc3)nc(-c3ccc(-c4cccc(-c5cc6ccccc6cn5)n4)cc3)n2)cc1. The van der Waals surface area contributed by atoms with Gasteiger partial charge in [-0.1, -0.05) is 115 Å². The molecule has 0 unspecified atom stereocenters. The highest BCUT2D eigenvalue weighted by Crippen LogP contribution is 2.28. The van der Waals surface area contributed by atoms with Crippen LogP contribution in [0.5, 0.6) is 0 Å². The fourth-order valence-electron chi connectivity index (χ4n) is 4.69. The Morgan fingerprint density at radius 3 is 1.45 bits per heavy atom. The van der Waals surface area contributed by atoms with E-state index < -0.39 is 0 Å². The van der Waals surface area contributed by atoms with Gasteiger partial charge in [0.2, 0.25) is 0 Å². The molecular weight excluding hydrogens is 490 g/mol. The van der Waals surface area contributed by atoms with E-state index in [2.05, 4.69) is 35.3 Å². The summed E-state index contributed by atoms with van der Waals surface area (Å²) in [7, 11) is 0. The van der Waals surface area contributed by atoms with Gasteiger partial charge in [0.1, 0.15) is 0 Å². The van der Waals surface area contributed by atoms with E-state index in [1.165, 1.54) is 0 Å². The van der Waals surface area contributed by atoms with Crippen LogP contribution in [0.15, 0.2) is 140 Å². The molecule has 7 rings (SSSR count). The fourth-order valence-corrected chi connectivity index (χ4v) is 4.69. The minimum Gasteiger partial charge on any atom is -0.254 e. The van der Waals surface area contributed by atoms with Gasteiger partial charge in [-0.2, -0.15) is 0 Å². The molecular formula is C35H23N5. The van der Waals surface area contributed by atoms with Crippen LogP contribution in [0, 0.1) is 0 Å². The van der Waals surface area contributed by atoms with Crippen molar-refractivity contribution in [1.82, 2.24) is 24.9 Å². The highest BCUT2D eigenvalue weighted by atomic mass is 15.0. The van der Waals surface area contributed by atoms with E-state index in [0.717, 1.165) is 50.1 Å². The molecule has 0 N–H and O–H groups in total. The summed E-state index contributed by atoms with van der Waals surface area (Å²) in [6, 6.07) is 44.5. The second-order valence-electron chi connectivity index (χ2n) is 9.44. The summed E-state index contributed by atoms with van der Waals surface area (Å²) in [6.45, 7) is 0. The molecule has 0 aliphatic carbocycles. The second-order valence-corrected chi connectivity index (χ2v) is 9.44. The first-order chi connectivity index (χ1) is 19.8. The van der Waals surface area contributed by atoms with Gasteiger partial charge >= 0.3 is 0 Å². The maximum atomic E-state index is 4.93. The third-order valence-corrected chi connectivity index (χ3v) is 6.78. The molecule has 188 valence electrons. The maximum Gasteiger partial charge on any atom is 0.164 e. The minimum atomic E-state index is 0.626. The standard InChI is InChI=1S/C35H23N5/c1-3-10-25(11-4-1)33-38-34(26-12-5-2-6-13-26)40-35(39-33)27-20-18-24(19-21-27)30-16-9-17-31(37-30)32-22-28-14-7-8-15-29(28)23-36-32/h1-23H. The van der Waals surface area contributed by atoms with E-state index in [-0.39, 0.29) is 0 Å². The summed E-state index contributed by atoms with van der Waals surface area (Å²) in [5.41, 5.74) is 6.38. The predicted molar refractivity (Wildman–Crippen MR) is 160 cm³/mol. The van der Waals surface area contributed by atoms with Crippen LogP contribution in [0.25, 0.3) is 67.6 Å². The van der Waals surface area contributed by atoms with Crippen LogP contribution >= 0.6 is 0 Å². The van der Waals surface area contributed by atoms with Gasteiger partial charge in [0.15, 0.2) is 17.5 Å². The average Bonchev–Trinajstić information content (AvgIpc) is 3.05. The Bertz CT molecular complexity index is 1880. The number of rotatable bonds is 5. The lowest BCUT2D eigenvalue weighted by molar-refractivity contribution is 1.07. The third-order valence-electron chi connectivity index (χ3n) is 6.78. The van der Waals surface area contributed by atoms with E-state index >= 15 is 0 Å². The molecule has 0 saturated carbocycles. The molecule has 0 aliphatic rings. The first-order valence-electron chi connectivity index (χ1n) is 13.1. The van der Waals surface area contributed by atoms with Crippen molar-refractivity contribution in [2.45, 2.75) is 0 Å². The van der Waals surface area contributed by atoms with Gasteiger partial charge in [0, 0.05) is 33.8 Å². The van der Waals surface area contributed by atoms with Crippen LogP contribution in [0.2, 0.25) is 0 Å². The second kappa shape index (κ2) is 10.3. The van der Waals surface area contributed by atoms with E-state index in [1.807, 2.05) is 109 Å². The molecule has 0 aliphatic heterocycles. The number of hydrogen-bond acceptors (Lipinski definition) is 5. The summed E-state index contributed by atoms with van der Waals surface area (Å²) >= 11 is 0. The molecule has 7 aromatic rings. The van der Waals surface area contributed by atoms with Gasteiger partial charge in [-0.25, -0.2) is 19.9 Å². The molecule has 0 bridgehead atoms. The Kier molecular flexibility index (Phi) is 6.07. The van der Waals surface area contributed by atoms with Gasteiger partial charge in [-0.05, 0) is 23.6 Å². The van der Waals surface area contributed by atoms with Gasteiger partial charge in [0.25, 0.3) is 0 Å². The lowest BCUT2D eigenvalue weighted by atomic mass is 10.1. The minimum absolute atomic E-state index is 0.626. The predicted octanol–water partition coefficient (Wildman–Crippen LogP) is 8.15. The Hall–Kier alpha value is -5.55. The monoisotopic (exact) mass is 513 g/mol. The van der Waals surface area contributed by atoms with Gasteiger partial charge in [-0.3, -0.25) is 4.98 Å². The van der Waals surface area contributed by atoms with E-state index in [9.17, 15) is 0 Å². The smallest absolute Gasteiger partial charge is 0.164 e. The zero-order valence-electron chi connectivity index (χ0n) is 21.5. The van der Waals surface area contributed by atoms with E-state index in [4.69, 9.17) is 19.9 Å². The number of nitrogens with zero attached hydrogens (tertiary/aromatic N) is 5. The maximum absolute atomic E-state index is 4.93. The lowest BCUT2D eigenvalue weighted by Gasteiger charge is -2.09. The summed E-state index contributed by atoms with van der Waals surface area (Å²) in [5.74, 6) is 1.91. The molecule has 3 heterocycles. The highest BCUT2D eigenvalue weighted by Gasteiger charge is 2.13. The third kappa shape index (κ3) is 4.72. The largest absolute Gasteiger partial charge is 0.254 e. The van der Waals surface area contributed by atoms with Crippen molar-refractivity contribution in [1.29, 1.82) is 0 Å². The molecule has 4 aromatic carbocycles. The molecule has 40 heavy (non-hydrogen) atoms. The Morgan fingerprint density at radius 1 is 0.325 bits per heavy atom. The van der Waals surface area contributed by atoms with Crippen molar-refractivity contribution >= 4 is 10.8 Å².